The summed E-state index contributed by atoms with van der Waals surface area (Å²) in [6.07, 6.45) is 0. The number of halogens is 1. The second-order valence-electron chi connectivity index (χ2n) is 3.89. The summed E-state index contributed by atoms with van der Waals surface area (Å²) in [5, 5.41) is 2.76. The molecule has 0 saturated heterocycles. The molecule has 0 radical (unpaired) electrons. The summed E-state index contributed by atoms with van der Waals surface area (Å²) in [5.74, 6) is 0.331. The van der Waals surface area contributed by atoms with E-state index in [9.17, 15) is 4.79 Å². The largest absolute Gasteiger partial charge is 0.351 e. The lowest BCUT2D eigenvalue weighted by Gasteiger charge is -2.06. The highest BCUT2D eigenvalue weighted by atomic mass is 35.5. The van der Waals surface area contributed by atoms with Crippen molar-refractivity contribution in [1.82, 2.24) is 5.32 Å². The summed E-state index contributed by atoms with van der Waals surface area (Å²) in [4.78, 5) is 11.8. The Bertz CT molecular complexity index is 525. The second-order valence-corrected chi connectivity index (χ2v) is 4.27. The molecule has 0 saturated carbocycles. The standard InChI is InChI=1S/C15H14ClNO/c16-9-10-17-15(18)14-8-4-7-13(11-14)12-5-2-1-3-6-12/h1-8,11H,9-10H2,(H,17,18). The van der Waals surface area contributed by atoms with Crippen LogP contribution in [0, 0.1) is 0 Å². The van der Waals surface area contributed by atoms with Gasteiger partial charge in [0.15, 0.2) is 0 Å². The lowest BCUT2D eigenvalue weighted by atomic mass is 10.0. The Morgan fingerprint density at radius 3 is 2.44 bits per heavy atom. The number of carbonyl (C=O) groups is 1. The molecule has 3 heteroatoms. The minimum Gasteiger partial charge on any atom is -0.351 e. The van der Waals surface area contributed by atoms with Gasteiger partial charge in [-0.3, -0.25) is 4.79 Å². The first-order valence-electron chi connectivity index (χ1n) is 5.81. The third-order valence-corrected chi connectivity index (χ3v) is 2.80. The van der Waals surface area contributed by atoms with Crippen molar-refractivity contribution in [2.75, 3.05) is 12.4 Å². The Hall–Kier alpha value is -1.80. The van der Waals surface area contributed by atoms with E-state index in [1.165, 1.54) is 0 Å². The average molecular weight is 260 g/mol. The third kappa shape index (κ3) is 3.11. The molecule has 0 aliphatic heterocycles. The van der Waals surface area contributed by atoms with Crippen molar-refractivity contribution in [1.29, 1.82) is 0 Å². The highest BCUT2D eigenvalue weighted by Crippen LogP contribution is 2.19. The lowest BCUT2D eigenvalue weighted by molar-refractivity contribution is 0.0956. The van der Waals surface area contributed by atoms with Crippen LogP contribution in [0.15, 0.2) is 54.6 Å². The van der Waals surface area contributed by atoms with Crippen LogP contribution in [0.1, 0.15) is 10.4 Å². The van der Waals surface area contributed by atoms with Crippen LogP contribution in [-0.2, 0) is 0 Å². The van der Waals surface area contributed by atoms with E-state index in [2.05, 4.69) is 5.32 Å². The van der Waals surface area contributed by atoms with Crippen LogP contribution in [0.4, 0.5) is 0 Å². The maximum atomic E-state index is 11.8. The van der Waals surface area contributed by atoms with Gasteiger partial charge >= 0.3 is 0 Å². The normalized spacial score (nSPS) is 10.1. The Labute approximate surface area is 112 Å². The van der Waals surface area contributed by atoms with Crippen molar-refractivity contribution in [3.05, 3.63) is 60.2 Å². The molecule has 1 N–H and O–H groups in total. The number of hydrogen-bond donors (Lipinski definition) is 1. The second kappa shape index (κ2) is 6.22. The molecule has 0 spiro atoms. The van der Waals surface area contributed by atoms with Crippen LogP contribution in [0.5, 0.6) is 0 Å². The number of hydrogen-bond acceptors (Lipinski definition) is 1. The minimum absolute atomic E-state index is 0.0894. The molecule has 18 heavy (non-hydrogen) atoms. The van der Waals surface area contributed by atoms with E-state index in [0.29, 0.717) is 18.0 Å². The molecule has 1 amide bonds. The SMILES string of the molecule is O=C(NCCCl)c1cccc(-c2ccccc2)c1. The maximum Gasteiger partial charge on any atom is 0.251 e. The van der Waals surface area contributed by atoms with Gasteiger partial charge in [0.2, 0.25) is 0 Å². The van der Waals surface area contributed by atoms with Gasteiger partial charge in [0, 0.05) is 18.0 Å². The first kappa shape index (κ1) is 12.7. The minimum atomic E-state index is -0.0894. The average Bonchev–Trinajstić information content (AvgIpc) is 2.46. The van der Waals surface area contributed by atoms with Crippen molar-refractivity contribution in [3.63, 3.8) is 0 Å². The van der Waals surface area contributed by atoms with Crippen molar-refractivity contribution < 1.29 is 4.79 Å². The number of rotatable bonds is 4. The van der Waals surface area contributed by atoms with E-state index in [-0.39, 0.29) is 5.91 Å². The zero-order chi connectivity index (χ0) is 12.8. The molecular formula is C15H14ClNO. The fourth-order valence-corrected chi connectivity index (χ4v) is 1.83. The summed E-state index contributed by atoms with van der Waals surface area (Å²) in [6, 6.07) is 17.6. The number of nitrogens with one attached hydrogen (secondary N) is 1. The highest BCUT2D eigenvalue weighted by molar-refractivity contribution is 6.18. The van der Waals surface area contributed by atoms with E-state index < -0.39 is 0 Å². The molecule has 0 aliphatic rings. The molecule has 2 aromatic carbocycles. The Balaban J connectivity index is 2.23. The Morgan fingerprint density at radius 2 is 1.72 bits per heavy atom. The summed E-state index contributed by atoms with van der Waals surface area (Å²) >= 11 is 5.55. The molecule has 0 fully saturated rings. The number of amides is 1. The zero-order valence-electron chi connectivity index (χ0n) is 9.90. The van der Waals surface area contributed by atoms with E-state index in [4.69, 9.17) is 11.6 Å². The maximum absolute atomic E-state index is 11.8. The first-order valence-corrected chi connectivity index (χ1v) is 6.34. The van der Waals surface area contributed by atoms with Gasteiger partial charge in [-0.2, -0.15) is 0 Å². The molecule has 0 aromatic heterocycles. The monoisotopic (exact) mass is 259 g/mol. The molecule has 92 valence electrons. The third-order valence-electron chi connectivity index (χ3n) is 2.61. The molecule has 0 heterocycles. The lowest BCUT2D eigenvalue weighted by Crippen LogP contribution is -2.25. The van der Waals surface area contributed by atoms with Crippen molar-refractivity contribution in [2.24, 2.45) is 0 Å². The zero-order valence-corrected chi connectivity index (χ0v) is 10.7. The van der Waals surface area contributed by atoms with Crippen LogP contribution in [-0.4, -0.2) is 18.3 Å². The van der Waals surface area contributed by atoms with Gasteiger partial charge in [-0.1, -0.05) is 42.5 Å². The molecule has 2 rings (SSSR count). The summed E-state index contributed by atoms with van der Waals surface area (Å²) < 4.78 is 0. The Kier molecular flexibility index (Phi) is 4.37. The van der Waals surface area contributed by atoms with Crippen LogP contribution in [0.3, 0.4) is 0 Å². The number of alkyl halides is 1. The molecule has 0 atom stereocenters. The summed E-state index contributed by atoms with van der Waals surface area (Å²) in [5.41, 5.74) is 2.79. The van der Waals surface area contributed by atoms with Gasteiger partial charge in [0.05, 0.1) is 0 Å². The fraction of sp³-hybridized carbons (Fsp3) is 0.133. The van der Waals surface area contributed by atoms with Crippen molar-refractivity contribution >= 4 is 17.5 Å². The number of benzene rings is 2. The van der Waals surface area contributed by atoms with Gasteiger partial charge in [-0.15, -0.1) is 11.6 Å². The van der Waals surface area contributed by atoms with E-state index in [1.807, 2.05) is 48.5 Å². The van der Waals surface area contributed by atoms with E-state index in [1.54, 1.807) is 6.07 Å². The topological polar surface area (TPSA) is 29.1 Å². The summed E-state index contributed by atoms with van der Waals surface area (Å²) in [6.45, 7) is 0.482. The fourth-order valence-electron chi connectivity index (χ4n) is 1.73. The first-order chi connectivity index (χ1) is 8.81. The smallest absolute Gasteiger partial charge is 0.251 e. The Morgan fingerprint density at radius 1 is 1.00 bits per heavy atom. The molecule has 2 nitrogen and oxygen atoms in total. The molecule has 0 aliphatic carbocycles. The molecule has 0 bridgehead atoms. The molecular weight excluding hydrogens is 246 g/mol. The predicted octanol–water partition coefficient (Wildman–Crippen LogP) is 3.32. The quantitative estimate of drug-likeness (QED) is 0.839. The van der Waals surface area contributed by atoms with E-state index >= 15 is 0 Å². The number of carbonyl (C=O) groups excluding carboxylic acids is 1. The highest BCUT2D eigenvalue weighted by Gasteiger charge is 2.05. The van der Waals surface area contributed by atoms with Crippen LogP contribution in [0.25, 0.3) is 11.1 Å². The summed E-state index contributed by atoms with van der Waals surface area (Å²) in [7, 11) is 0. The van der Waals surface area contributed by atoms with E-state index in [0.717, 1.165) is 11.1 Å². The van der Waals surface area contributed by atoms with Crippen molar-refractivity contribution in [3.8, 4) is 11.1 Å². The van der Waals surface area contributed by atoms with Crippen LogP contribution < -0.4 is 5.32 Å². The predicted molar refractivity (Wildman–Crippen MR) is 74.9 cm³/mol. The van der Waals surface area contributed by atoms with Gasteiger partial charge in [-0.05, 0) is 23.3 Å². The van der Waals surface area contributed by atoms with Crippen molar-refractivity contribution in [2.45, 2.75) is 0 Å². The van der Waals surface area contributed by atoms with Gasteiger partial charge in [0.25, 0.3) is 5.91 Å². The molecule has 0 unspecified atom stereocenters. The van der Waals surface area contributed by atoms with Gasteiger partial charge in [-0.25, -0.2) is 0 Å². The molecule has 2 aromatic rings. The van der Waals surface area contributed by atoms with Gasteiger partial charge < -0.3 is 5.32 Å². The van der Waals surface area contributed by atoms with Crippen LogP contribution in [0.2, 0.25) is 0 Å². The van der Waals surface area contributed by atoms with Crippen LogP contribution >= 0.6 is 11.6 Å². The van der Waals surface area contributed by atoms with Gasteiger partial charge in [0.1, 0.15) is 0 Å².